The predicted molar refractivity (Wildman–Crippen MR) is 127 cm³/mol. The van der Waals surface area contributed by atoms with Crippen molar-refractivity contribution in [3.63, 3.8) is 0 Å². The largest absolute Gasteiger partial charge is 0.342 e. The van der Waals surface area contributed by atoms with Gasteiger partial charge in [-0.1, -0.05) is 65.3 Å². The van der Waals surface area contributed by atoms with Gasteiger partial charge in [-0.3, -0.25) is 9.59 Å². The Morgan fingerprint density at radius 1 is 1.06 bits per heavy atom. The number of aromatic nitrogens is 3. The second-order valence-electron chi connectivity index (χ2n) is 7.32. The van der Waals surface area contributed by atoms with Crippen molar-refractivity contribution < 1.29 is 9.59 Å². The van der Waals surface area contributed by atoms with E-state index in [2.05, 4.69) is 31.4 Å². The molecule has 6 nitrogen and oxygen atoms in total. The van der Waals surface area contributed by atoms with Gasteiger partial charge >= 0.3 is 0 Å². The molecule has 0 spiro atoms. The summed E-state index contributed by atoms with van der Waals surface area (Å²) >= 11 is 10.6. The van der Waals surface area contributed by atoms with E-state index < -0.39 is 0 Å². The zero-order chi connectivity index (χ0) is 22.5. The maximum Gasteiger partial charge on any atom is 0.251 e. The number of nitrogens with zero attached hydrogens (tertiary/aromatic N) is 3. The van der Waals surface area contributed by atoms with Gasteiger partial charge < -0.3 is 9.88 Å². The molecular formula is C22H22BrClN4O2S. The Hall–Kier alpha value is -2.16. The van der Waals surface area contributed by atoms with Crippen LogP contribution in [0.15, 0.2) is 58.2 Å². The van der Waals surface area contributed by atoms with Crippen LogP contribution < -0.4 is 5.32 Å². The van der Waals surface area contributed by atoms with Crippen LogP contribution in [0.25, 0.3) is 0 Å². The number of hydrogen-bond donors (Lipinski definition) is 1. The number of carbonyl (C=O) groups excluding carboxylic acids is 2. The molecule has 0 fully saturated rings. The number of hydrogen-bond acceptors (Lipinski definition) is 5. The number of ketones is 1. The van der Waals surface area contributed by atoms with Crippen molar-refractivity contribution in [1.82, 2.24) is 20.1 Å². The topological polar surface area (TPSA) is 76.9 Å². The molecule has 0 aliphatic carbocycles. The summed E-state index contributed by atoms with van der Waals surface area (Å²) in [4.78, 5) is 25.1. The Labute approximate surface area is 198 Å². The van der Waals surface area contributed by atoms with Crippen LogP contribution in [0.3, 0.4) is 0 Å². The number of nitrogens with one attached hydrogen (secondary N) is 1. The molecule has 1 aromatic heterocycles. The molecule has 0 aliphatic rings. The first kappa shape index (κ1) is 23.5. The molecular weight excluding hydrogens is 500 g/mol. The molecule has 0 unspecified atom stereocenters. The van der Waals surface area contributed by atoms with E-state index in [1.165, 1.54) is 11.8 Å². The molecule has 9 heteroatoms. The molecule has 1 atom stereocenters. The average molecular weight is 522 g/mol. The number of amides is 1. The minimum Gasteiger partial charge on any atom is -0.342 e. The molecule has 0 saturated heterocycles. The highest BCUT2D eigenvalue weighted by atomic mass is 79.9. The molecule has 3 aromatic rings. The van der Waals surface area contributed by atoms with E-state index in [0.29, 0.717) is 27.1 Å². The van der Waals surface area contributed by atoms with Gasteiger partial charge in [-0.25, -0.2) is 0 Å². The molecule has 0 bridgehead atoms. The Morgan fingerprint density at radius 2 is 1.68 bits per heavy atom. The van der Waals surface area contributed by atoms with E-state index in [1.807, 2.05) is 37.6 Å². The van der Waals surface area contributed by atoms with E-state index >= 15 is 0 Å². The fourth-order valence-electron chi connectivity index (χ4n) is 2.93. The summed E-state index contributed by atoms with van der Waals surface area (Å²) in [7, 11) is 1.84. The van der Waals surface area contributed by atoms with Crippen LogP contribution in [-0.2, 0) is 7.05 Å². The van der Waals surface area contributed by atoms with Gasteiger partial charge in [0.2, 0.25) is 0 Å². The minimum atomic E-state index is -0.336. The van der Waals surface area contributed by atoms with Crippen molar-refractivity contribution in [2.75, 3.05) is 5.75 Å². The first-order chi connectivity index (χ1) is 14.8. The highest BCUT2D eigenvalue weighted by Crippen LogP contribution is 2.25. The number of carbonyl (C=O) groups is 2. The van der Waals surface area contributed by atoms with E-state index in [0.717, 1.165) is 4.47 Å². The third-order valence-electron chi connectivity index (χ3n) is 4.70. The zero-order valence-corrected chi connectivity index (χ0v) is 20.5. The van der Waals surface area contributed by atoms with Crippen LogP contribution in [-0.4, -0.2) is 32.2 Å². The summed E-state index contributed by atoms with van der Waals surface area (Å²) in [5, 5.41) is 12.8. The van der Waals surface area contributed by atoms with Crippen molar-refractivity contribution in [2.24, 2.45) is 13.0 Å². The summed E-state index contributed by atoms with van der Waals surface area (Å²) in [6, 6.07) is 13.6. The van der Waals surface area contributed by atoms with Crippen molar-refractivity contribution >= 4 is 51.0 Å². The Kier molecular flexibility index (Phi) is 7.91. The van der Waals surface area contributed by atoms with Gasteiger partial charge in [0.25, 0.3) is 5.91 Å². The normalized spacial score (nSPS) is 12.1. The Morgan fingerprint density at radius 3 is 2.29 bits per heavy atom. The van der Waals surface area contributed by atoms with Crippen LogP contribution in [0.2, 0.25) is 5.02 Å². The van der Waals surface area contributed by atoms with Crippen LogP contribution in [0.1, 0.15) is 46.4 Å². The summed E-state index contributed by atoms with van der Waals surface area (Å²) in [5.74, 6) is 0.769. The van der Waals surface area contributed by atoms with Crippen molar-refractivity contribution in [3.05, 3.63) is 75.0 Å². The lowest BCUT2D eigenvalue weighted by Gasteiger charge is -2.21. The lowest BCUT2D eigenvalue weighted by Crippen LogP contribution is -2.33. The maximum absolute atomic E-state index is 12.7. The van der Waals surface area contributed by atoms with Crippen LogP contribution in [0.5, 0.6) is 0 Å². The molecule has 0 saturated carbocycles. The number of thioether (sulfide) groups is 1. The standard InChI is InChI=1S/C22H22BrClN4O2S/c1-13(2)19(25-21(30)15-6-10-17(24)11-7-15)20-26-27-22(28(20)3)31-12-18(29)14-4-8-16(23)9-5-14/h4-11,13,19H,12H2,1-3H3,(H,25,30)/t19-/m0/s1. The fraction of sp³-hybridized carbons (Fsp3) is 0.273. The summed E-state index contributed by atoms with van der Waals surface area (Å²) in [5.41, 5.74) is 1.17. The SMILES string of the molecule is CC(C)[C@H](NC(=O)c1ccc(Cl)cc1)c1nnc(SCC(=O)c2ccc(Br)cc2)n1C. The van der Waals surface area contributed by atoms with Gasteiger partial charge in [0, 0.05) is 27.7 Å². The van der Waals surface area contributed by atoms with Gasteiger partial charge in [-0.15, -0.1) is 10.2 Å². The van der Waals surface area contributed by atoms with Gasteiger partial charge in [0.05, 0.1) is 11.8 Å². The van der Waals surface area contributed by atoms with E-state index in [-0.39, 0.29) is 29.4 Å². The quantitative estimate of drug-likeness (QED) is 0.320. The molecule has 3 rings (SSSR count). The first-order valence-electron chi connectivity index (χ1n) is 9.63. The summed E-state index contributed by atoms with van der Waals surface area (Å²) < 4.78 is 2.75. The highest BCUT2D eigenvalue weighted by Gasteiger charge is 2.25. The van der Waals surface area contributed by atoms with Crippen LogP contribution in [0.4, 0.5) is 0 Å². The summed E-state index contributed by atoms with van der Waals surface area (Å²) in [6.07, 6.45) is 0. The number of halogens is 2. The van der Waals surface area contributed by atoms with Gasteiger partial charge in [-0.05, 0) is 42.3 Å². The number of rotatable bonds is 8. The molecule has 0 aliphatic heterocycles. The van der Waals surface area contributed by atoms with Crippen molar-refractivity contribution in [1.29, 1.82) is 0 Å². The Balaban J connectivity index is 1.71. The maximum atomic E-state index is 12.7. The minimum absolute atomic E-state index is 0.0125. The Bertz CT molecular complexity index is 1070. The molecule has 162 valence electrons. The molecule has 1 amide bonds. The second-order valence-corrected chi connectivity index (χ2v) is 9.62. The lowest BCUT2D eigenvalue weighted by atomic mass is 10.0. The van der Waals surface area contributed by atoms with E-state index in [4.69, 9.17) is 11.6 Å². The number of Topliss-reactive ketones (excluding diaryl/α,β-unsaturated/α-hetero) is 1. The van der Waals surface area contributed by atoms with Crippen LogP contribution >= 0.6 is 39.3 Å². The van der Waals surface area contributed by atoms with Gasteiger partial charge in [-0.2, -0.15) is 0 Å². The molecule has 0 radical (unpaired) electrons. The second kappa shape index (κ2) is 10.4. The molecule has 1 N–H and O–H groups in total. The molecule has 1 heterocycles. The third-order valence-corrected chi connectivity index (χ3v) is 6.51. The predicted octanol–water partition coefficient (Wildman–Crippen LogP) is 5.33. The van der Waals surface area contributed by atoms with Crippen molar-refractivity contribution in [3.8, 4) is 0 Å². The van der Waals surface area contributed by atoms with Crippen LogP contribution in [0, 0.1) is 5.92 Å². The smallest absolute Gasteiger partial charge is 0.251 e. The fourth-order valence-corrected chi connectivity index (χ4v) is 4.13. The number of benzene rings is 2. The highest BCUT2D eigenvalue weighted by molar-refractivity contribution is 9.10. The zero-order valence-electron chi connectivity index (χ0n) is 17.3. The molecule has 31 heavy (non-hydrogen) atoms. The first-order valence-corrected chi connectivity index (χ1v) is 11.8. The third kappa shape index (κ3) is 5.96. The van der Waals surface area contributed by atoms with Gasteiger partial charge in [0.1, 0.15) is 0 Å². The van der Waals surface area contributed by atoms with Gasteiger partial charge in [0.15, 0.2) is 16.8 Å². The lowest BCUT2D eigenvalue weighted by molar-refractivity contribution is 0.0921. The van der Waals surface area contributed by atoms with Crippen molar-refractivity contribution in [2.45, 2.75) is 25.0 Å². The van der Waals surface area contributed by atoms with E-state index in [9.17, 15) is 9.59 Å². The molecule has 2 aromatic carbocycles. The summed E-state index contributed by atoms with van der Waals surface area (Å²) in [6.45, 7) is 4.01. The average Bonchev–Trinajstić information content (AvgIpc) is 3.11. The monoisotopic (exact) mass is 520 g/mol. The van der Waals surface area contributed by atoms with E-state index in [1.54, 1.807) is 36.4 Å².